The van der Waals surface area contributed by atoms with Crippen LogP contribution in [0, 0.1) is 0 Å². The van der Waals surface area contributed by atoms with Crippen LogP contribution in [0.25, 0.3) is 0 Å². The molecule has 1 aliphatic heterocycles. The van der Waals surface area contributed by atoms with Crippen molar-refractivity contribution >= 4 is 23.4 Å². The summed E-state index contributed by atoms with van der Waals surface area (Å²) in [4.78, 5) is 27.5. The van der Waals surface area contributed by atoms with E-state index in [0.717, 1.165) is 6.07 Å². The number of aliphatic carboxylic acids is 1. The molecule has 0 amide bonds. The largest absolute Gasteiger partial charge is 0.493 e. The van der Waals surface area contributed by atoms with Crippen molar-refractivity contribution in [2.45, 2.75) is 24.9 Å². The van der Waals surface area contributed by atoms with Gasteiger partial charge in [0.1, 0.15) is 22.9 Å². The smallest absolute Gasteiger partial charge is 0.433 e. The van der Waals surface area contributed by atoms with Crippen molar-refractivity contribution in [3.63, 3.8) is 0 Å². The Hall–Kier alpha value is -3.59. The van der Waals surface area contributed by atoms with Crippen LogP contribution in [0.5, 0.6) is 17.2 Å². The number of carbonyl (C=O) groups excluding carboxylic acids is 1. The SMILES string of the molecule is O=C(Cc1cccc(C(F)(F)F)n1)c1ccc(Oc2cc3c(cc2Cl)C(C(=O)O)CCO3)cc1. The van der Waals surface area contributed by atoms with Crippen LogP contribution >= 0.6 is 11.6 Å². The molecule has 0 spiro atoms. The third-order valence-corrected chi connectivity index (χ3v) is 5.54. The van der Waals surface area contributed by atoms with Crippen LogP contribution in [-0.4, -0.2) is 28.4 Å². The van der Waals surface area contributed by atoms with Crippen molar-refractivity contribution in [2.24, 2.45) is 0 Å². The lowest BCUT2D eigenvalue weighted by Crippen LogP contribution is -2.20. The fraction of sp³-hybridized carbons (Fsp3) is 0.208. The highest BCUT2D eigenvalue weighted by Crippen LogP contribution is 2.41. The van der Waals surface area contributed by atoms with E-state index in [1.807, 2.05) is 0 Å². The van der Waals surface area contributed by atoms with Gasteiger partial charge in [-0.05, 0) is 48.9 Å². The monoisotopic (exact) mass is 491 g/mol. The van der Waals surface area contributed by atoms with Crippen molar-refractivity contribution in [1.29, 1.82) is 0 Å². The van der Waals surface area contributed by atoms with Gasteiger partial charge in [0.25, 0.3) is 0 Å². The van der Waals surface area contributed by atoms with Gasteiger partial charge in [-0.15, -0.1) is 0 Å². The molecule has 2 heterocycles. The molecule has 0 saturated carbocycles. The molecule has 2 aromatic carbocycles. The first-order valence-electron chi connectivity index (χ1n) is 10.1. The third kappa shape index (κ3) is 5.14. The highest BCUT2D eigenvalue weighted by molar-refractivity contribution is 6.32. The van der Waals surface area contributed by atoms with Crippen LogP contribution in [0.1, 0.15) is 39.6 Å². The maximum Gasteiger partial charge on any atom is 0.433 e. The van der Waals surface area contributed by atoms with Crippen molar-refractivity contribution < 1.29 is 37.3 Å². The standard InChI is InChI=1S/C24H17ClF3NO5/c25-18-11-17-16(23(31)32)8-9-33-20(17)12-21(18)34-15-6-4-13(5-7-15)19(30)10-14-2-1-3-22(29-14)24(26,27)28/h1-7,11-12,16H,8-10H2,(H,31,32). The Morgan fingerprint density at radius 3 is 2.56 bits per heavy atom. The average molecular weight is 492 g/mol. The minimum absolute atomic E-state index is 0.0145. The number of carbonyl (C=O) groups is 2. The van der Waals surface area contributed by atoms with Crippen molar-refractivity contribution in [3.05, 3.63) is 82.1 Å². The van der Waals surface area contributed by atoms with Crippen LogP contribution in [0.4, 0.5) is 13.2 Å². The highest BCUT2D eigenvalue weighted by Gasteiger charge is 2.32. The number of nitrogens with zero attached hydrogens (tertiary/aromatic N) is 1. The molecular formula is C24H17ClF3NO5. The minimum atomic E-state index is -4.59. The minimum Gasteiger partial charge on any atom is -0.493 e. The van der Waals surface area contributed by atoms with E-state index < -0.39 is 29.5 Å². The Kier molecular flexibility index (Phi) is 6.47. The first kappa shape index (κ1) is 23.6. The summed E-state index contributed by atoms with van der Waals surface area (Å²) < 4.78 is 49.8. The molecule has 0 fully saturated rings. The predicted octanol–water partition coefficient (Wildman–Crippen LogP) is 5.92. The third-order valence-electron chi connectivity index (χ3n) is 5.24. The van der Waals surface area contributed by atoms with Gasteiger partial charge < -0.3 is 14.6 Å². The molecule has 1 unspecified atom stereocenters. The number of rotatable bonds is 6. The fourth-order valence-electron chi connectivity index (χ4n) is 3.56. The summed E-state index contributed by atoms with van der Waals surface area (Å²) in [7, 11) is 0. The molecule has 34 heavy (non-hydrogen) atoms. The first-order chi connectivity index (χ1) is 16.1. The van der Waals surface area contributed by atoms with E-state index in [-0.39, 0.29) is 35.1 Å². The number of benzene rings is 2. The number of Topliss-reactive ketones (excluding diaryl/α,β-unsaturated/α-hetero) is 1. The molecule has 1 aliphatic rings. The maximum atomic E-state index is 12.8. The molecule has 1 N–H and O–H groups in total. The Balaban J connectivity index is 1.47. The number of aromatic nitrogens is 1. The second kappa shape index (κ2) is 9.34. The Morgan fingerprint density at radius 1 is 1.15 bits per heavy atom. The van der Waals surface area contributed by atoms with Crippen molar-refractivity contribution in [1.82, 2.24) is 4.98 Å². The quantitative estimate of drug-likeness (QED) is 0.431. The molecule has 6 nitrogen and oxygen atoms in total. The van der Waals surface area contributed by atoms with Crippen LogP contribution in [-0.2, 0) is 17.4 Å². The van der Waals surface area contributed by atoms with Gasteiger partial charge in [0, 0.05) is 22.9 Å². The summed E-state index contributed by atoms with van der Waals surface area (Å²) in [6.07, 6.45) is -4.54. The summed E-state index contributed by atoms with van der Waals surface area (Å²) in [5.74, 6) is -1.11. The number of hydrogen-bond donors (Lipinski definition) is 1. The van der Waals surface area contributed by atoms with E-state index in [1.165, 1.54) is 48.5 Å². The zero-order valence-corrected chi connectivity index (χ0v) is 18.2. The number of fused-ring (bicyclic) bond motifs is 1. The van der Waals surface area contributed by atoms with E-state index in [0.29, 0.717) is 23.5 Å². The topological polar surface area (TPSA) is 85.7 Å². The molecule has 3 aromatic rings. The highest BCUT2D eigenvalue weighted by atomic mass is 35.5. The normalized spacial score (nSPS) is 15.2. The lowest BCUT2D eigenvalue weighted by molar-refractivity contribution is -0.141. The van der Waals surface area contributed by atoms with Gasteiger partial charge in [-0.2, -0.15) is 13.2 Å². The van der Waals surface area contributed by atoms with Crippen LogP contribution in [0.3, 0.4) is 0 Å². The lowest BCUT2D eigenvalue weighted by atomic mass is 9.93. The number of carboxylic acid groups (broad SMARTS) is 1. The number of halogens is 4. The number of ether oxygens (including phenoxy) is 2. The zero-order valence-electron chi connectivity index (χ0n) is 17.4. The fourth-order valence-corrected chi connectivity index (χ4v) is 3.77. The summed E-state index contributed by atoms with van der Waals surface area (Å²) in [5.41, 5.74) is -0.293. The summed E-state index contributed by atoms with van der Waals surface area (Å²) in [6, 6.07) is 12.4. The molecule has 4 rings (SSSR count). The van der Waals surface area contributed by atoms with E-state index in [9.17, 15) is 27.9 Å². The van der Waals surface area contributed by atoms with E-state index in [4.69, 9.17) is 21.1 Å². The van der Waals surface area contributed by atoms with Gasteiger partial charge in [0.2, 0.25) is 0 Å². The van der Waals surface area contributed by atoms with Crippen molar-refractivity contribution in [3.8, 4) is 17.2 Å². The van der Waals surface area contributed by atoms with Gasteiger partial charge in [0.15, 0.2) is 5.78 Å². The molecule has 0 radical (unpaired) electrons. The summed E-state index contributed by atoms with van der Waals surface area (Å²) in [6.45, 7) is 0.253. The molecule has 0 aliphatic carbocycles. The second-order valence-electron chi connectivity index (χ2n) is 7.59. The first-order valence-corrected chi connectivity index (χ1v) is 10.5. The number of alkyl halides is 3. The van der Waals surface area contributed by atoms with Crippen LogP contribution < -0.4 is 9.47 Å². The van der Waals surface area contributed by atoms with E-state index in [2.05, 4.69) is 4.98 Å². The molecule has 0 saturated heterocycles. The van der Waals surface area contributed by atoms with Crippen LogP contribution in [0.2, 0.25) is 5.02 Å². The Labute approximate surface area is 196 Å². The second-order valence-corrected chi connectivity index (χ2v) is 7.99. The van der Waals surface area contributed by atoms with E-state index >= 15 is 0 Å². The maximum absolute atomic E-state index is 12.8. The van der Waals surface area contributed by atoms with Crippen LogP contribution in [0.15, 0.2) is 54.6 Å². The van der Waals surface area contributed by atoms with Gasteiger partial charge in [0.05, 0.1) is 24.0 Å². The van der Waals surface area contributed by atoms with Gasteiger partial charge in [-0.3, -0.25) is 9.59 Å². The molecule has 10 heteroatoms. The van der Waals surface area contributed by atoms with Gasteiger partial charge >= 0.3 is 12.1 Å². The summed E-state index contributed by atoms with van der Waals surface area (Å²) >= 11 is 6.28. The molecule has 1 atom stereocenters. The molecular weight excluding hydrogens is 475 g/mol. The lowest BCUT2D eigenvalue weighted by Gasteiger charge is -2.24. The number of carboxylic acids is 1. The molecule has 176 valence electrons. The predicted molar refractivity (Wildman–Crippen MR) is 116 cm³/mol. The Bertz CT molecular complexity index is 1240. The van der Waals surface area contributed by atoms with Gasteiger partial charge in [-0.1, -0.05) is 17.7 Å². The van der Waals surface area contributed by atoms with Gasteiger partial charge in [-0.25, -0.2) is 4.98 Å². The summed E-state index contributed by atoms with van der Waals surface area (Å²) in [5, 5.41) is 9.58. The number of pyridine rings is 1. The van der Waals surface area contributed by atoms with Crippen molar-refractivity contribution in [2.75, 3.05) is 6.61 Å². The van der Waals surface area contributed by atoms with E-state index in [1.54, 1.807) is 0 Å². The Morgan fingerprint density at radius 2 is 1.88 bits per heavy atom. The average Bonchev–Trinajstić information content (AvgIpc) is 2.79. The number of hydrogen-bond acceptors (Lipinski definition) is 5. The number of ketones is 1. The molecule has 0 bridgehead atoms. The molecule has 1 aromatic heterocycles. The zero-order chi connectivity index (χ0) is 24.5.